The molecule has 0 spiro atoms. The summed E-state index contributed by atoms with van der Waals surface area (Å²) in [5.74, 6) is -0.0492. The lowest BCUT2D eigenvalue weighted by Crippen LogP contribution is -2.47. The van der Waals surface area contributed by atoms with E-state index in [-0.39, 0.29) is 12.5 Å². The van der Waals surface area contributed by atoms with Gasteiger partial charge in [-0.1, -0.05) is 33.6 Å². The molecule has 2 N–H and O–H groups in total. The van der Waals surface area contributed by atoms with E-state index in [2.05, 4.69) is 31.6 Å². The van der Waals surface area contributed by atoms with Crippen molar-refractivity contribution in [1.29, 1.82) is 0 Å². The van der Waals surface area contributed by atoms with Gasteiger partial charge in [0.1, 0.15) is 11.2 Å². The molecule has 0 aliphatic carbocycles. The Morgan fingerprint density at radius 1 is 1.00 bits per heavy atom. The Hall–Kier alpha value is -2.09. The van der Waals surface area contributed by atoms with Crippen molar-refractivity contribution in [2.24, 2.45) is 4.99 Å². The Kier molecular flexibility index (Phi) is 7.83. The minimum Gasteiger partial charge on any atom is -0.444 e. The molecule has 0 aromatic heterocycles. The molecule has 27 heavy (non-hydrogen) atoms. The van der Waals surface area contributed by atoms with Gasteiger partial charge in [0.2, 0.25) is 5.96 Å². The SMILES string of the molecule is Cc1ccc(Br)c(CN=C(NC(=O)OC(C)(C)C)NC(=O)OC(C)(C)C)c1. The van der Waals surface area contributed by atoms with Crippen LogP contribution < -0.4 is 10.6 Å². The Bertz CT molecular complexity index is 687. The molecule has 150 valence electrons. The first-order valence-corrected chi connectivity index (χ1v) is 9.34. The fourth-order valence-corrected chi connectivity index (χ4v) is 2.27. The summed E-state index contributed by atoms with van der Waals surface area (Å²) in [6.07, 6.45) is -1.44. The zero-order valence-electron chi connectivity index (χ0n) is 16.9. The first-order valence-electron chi connectivity index (χ1n) is 8.55. The number of nitrogens with zero attached hydrogens (tertiary/aromatic N) is 1. The van der Waals surface area contributed by atoms with Crippen LogP contribution >= 0.6 is 15.9 Å². The van der Waals surface area contributed by atoms with Crippen LogP contribution in [-0.2, 0) is 16.0 Å². The van der Waals surface area contributed by atoms with Gasteiger partial charge in [-0.25, -0.2) is 14.6 Å². The number of nitrogens with one attached hydrogen (secondary N) is 2. The lowest BCUT2D eigenvalue weighted by atomic mass is 10.1. The highest BCUT2D eigenvalue weighted by molar-refractivity contribution is 9.10. The molecule has 8 heteroatoms. The van der Waals surface area contributed by atoms with Crippen LogP contribution in [0.3, 0.4) is 0 Å². The highest BCUT2D eigenvalue weighted by Crippen LogP contribution is 2.19. The first-order chi connectivity index (χ1) is 12.2. The second kappa shape index (κ2) is 9.21. The highest BCUT2D eigenvalue weighted by Gasteiger charge is 2.21. The molecule has 1 rings (SSSR count). The molecule has 0 atom stereocenters. The minimum absolute atomic E-state index is 0.0492. The van der Waals surface area contributed by atoms with Gasteiger partial charge in [0.15, 0.2) is 0 Å². The van der Waals surface area contributed by atoms with Gasteiger partial charge in [-0.05, 0) is 60.1 Å². The monoisotopic (exact) mass is 441 g/mol. The quantitative estimate of drug-likeness (QED) is 0.515. The van der Waals surface area contributed by atoms with E-state index in [0.29, 0.717) is 0 Å². The number of hydrogen-bond donors (Lipinski definition) is 2. The highest BCUT2D eigenvalue weighted by atomic mass is 79.9. The second-order valence-electron chi connectivity index (χ2n) is 8.01. The molecule has 7 nitrogen and oxygen atoms in total. The van der Waals surface area contributed by atoms with Crippen molar-refractivity contribution in [1.82, 2.24) is 10.6 Å². The minimum atomic E-state index is -0.722. The number of amides is 2. The van der Waals surface area contributed by atoms with E-state index < -0.39 is 23.4 Å². The fraction of sp³-hybridized carbons (Fsp3) is 0.526. The van der Waals surface area contributed by atoms with Crippen molar-refractivity contribution in [2.75, 3.05) is 0 Å². The van der Waals surface area contributed by atoms with E-state index in [1.54, 1.807) is 41.5 Å². The van der Waals surface area contributed by atoms with Gasteiger partial charge in [0.25, 0.3) is 0 Å². The number of alkyl carbamates (subject to hydrolysis) is 2. The fourth-order valence-electron chi connectivity index (χ4n) is 1.90. The molecule has 0 heterocycles. The topological polar surface area (TPSA) is 89.0 Å². The predicted molar refractivity (Wildman–Crippen MR) is 109 cm³/mol. The van der Waals surface area contributed by atoms with Crippen LogP contribution in [0.5, 0.6) is 0 Å². The smallest absolute Gasteiger partial charge is 0.414 e. The number of guanidine groups is 1. The molecule has 2 amide bonds. The van der Waals surface area contributed by atoms with Crippen molar-refractivity contribution >= 4 is 34.1 Å². The van der Waals surface area contributed by atoms with Crippen LogP contribution in [0, 0.1) is 6.92 Å². The summed E-state index contributed by atoms with van der Waals surface area (Å²) in [5.41, 5.74) is 0.621. The molecule has 0 unspecified atom stereocenters. The van der Waals surface area contributed by atoms with Gasteiger partial charge < -0.3 is 9.47 Å². The molecule has 0 fully saturated rings. The number of aliphatic imine (C=N–C) groups is 1. The average molecular weight is 442 g/mol. The molecular formula is C19H28BrN3O4. The Balaban J connectivity index is 2.96. The molecular weight excluding hydrogens is 414 g/mol. The molecule has 1 aromatic carbocycles. The number of carbonyl (C=O) groups is 2. The Labute approximate surface area is 169 Å². The lowest BCUT2D eigenvalue weighted by Gasteiger charge is -2.22. The molecule has 0 bridgehead atoms. The summed E-state index contributed by atoms with van der Waals surface area (Å²) in [4.78, 5) is 28.4. The zero-order chi connectivity index (χ0) is 20.8. The van der Waals surface area contributed by atoms with Gasteiger partial charge >= 0.3 is 12.2 Å². The van der Waals surface area contributed by atoms with Crippen molar-refractivity contribution in [3.8, 4) is 0 Å². The number of halogens is 1. The van der Waals surface area contributed by atoms with Gasteiger partial charge in [-0.2, -0.15) is 0 Å². The first kappa shape index (κ1) is 23.0. The zero-order valence-corrected chi connectivity index (χ0v) is 18.5. The van der Waals surface area contributed by atoms with Crippen LogP contribution in [0.25, 0.3) is 0 Å². The summed E-state index contributed by atoms with van der Waals surface area (Å²) in [7, 11) is 0. The summed E-state index contributed by atoms with van der Waals surface area (Å²) in [6.45, 7) is 12.7. The van der Waals surface area contributed by atoms with Crippen molar-refractivity contribution in [3.63, 3.8) is 0 Å². The Morgan fingerprint density at radius 3 is 1.93 bits per heavy atom. The molecule has 0 saturated heterocycles. The summed E-state index contributed by atoms with van der Waals surface area (Å²) >= 11 is 3.47. The number of rotatable bonds is 2. The summed E-state index contributed by atoms with van der Waals surface area (Å²) in [6, 6.07) is 5.85. The average Bonchev–Trinajstić information content (AvgIpc) is 2.43. The van der Waals surface area contributed by atoms with Crippen LogP contribution in [0.15, 0.2) is 27.7 Å². The van der Waals surface area contributed by atoms with Gasteiger partial charge in [-0.15, -0.1) is 0 Å². The maximum Gasteiger partial charge on any atom is 0.414 e. The third-order valence-corrected chi connectivity index (χ3v) is 3.62. The van der Waals surface area contributed by atoms with Gasteiger partial charge in [0, 0.05) is 4.47 Å². The van der Waals surface area contributed by atoms with Crippen LogP contribution in [0.2, 0.25) is 0 Å². The second-order valence-corrected chi connectivity index (χ2v) is 8.87. The number of carbonyl (C=O) groups excluding carboxylic acids is 2. The van der Waals surface area contributed by atoms with Crippen molar-refractivity contribution in [3.05, 3.63) is 33.8 Å². The maximum absolute atomic E-state index is 12.1. The molecule has 0 aliphatic rings. The van der Waals surface area contributed by atoms with Gasteiger partial charge in [0.05, 0.1) is 6.54 Å². The Morgan fingerprint density at radius 2 is 1.48 bits per heavy atom. The largest absolute Gasteiger partial charge is 0.444 e. The molecule has 0 radical (unpaired) electrons. The van der Waals surface area contributed by atoms with Crippen LogP contribution in [0.1, 0.15) is 52.7 Å². The standard InChI is InChI=1S/C19H28BrN3O4/c1-12-8-9-14(20)13(10-12)11-21-15(22-16(24)26-18(2,3)4)23-17(25)27-19(5,6)7/h8-10H,11H2,1-7H3,(H2,21,22,23,24,25). The molecule has 0 aliphatic heterocycles. The third-order valence-electron chi connectivity index (χ3n) is 2.85. The van der Waals surface area contributed by atoms with Gasteiger partial charge in [-0.3, -0.25) is 10.6 Å². The number of ether oxygens (including phenoxy) is 2. The van der Waals surface area contributed by atoms with E-state index in [0.717, 1.165) is 15.6 Å². The lowest BCUT2D eigenvalue weighted by molar-refractivity contribution is 0.0545. The van der Waals surface area contributed by atoms with E-state index >= 15 is 0 Å². The van der Waals surface area contributed by atoms with Crippen molar-refractivity contribution in [2.45, 2.75) is 66.2 Å². The molecule has 0 saturated carbocycles. The van der Waals surface area contributed by atoms with Crippen LogP contribution in [-0.4, -0.2) is 29.3 Å². The van der Waals surface area contributed by atoms with E-state index in [1.807, 2.05) is 25.1 Å². The van der Waals surface area contributed by atoms with E-state index in [1.165, 1.54) is 0 Å². The predicted octanol–water partition coefficient (Wildman–Crippen LogP) is 4.66. The summed E-state index contributed by atoms with van der Waals surface area (Å²) in [5, 5.41) is 4.91. The molecule has 1 aromatic rings. The number of benzene rings is 1. The van der Waals surface area contributed by atoms with Crippen LogP contribution in [0.4, 0.5) is 9.59 Å². The third kappa shape index (κ3) is 9.98. The van der Waals surface area contributed by atoms with Crippen molar-refractivity contribution < 1.29 is 19.1 Å². The summed E-state index contributed by atoms with van der Waals surface area (Å²) < 4.78 is 11.3. The number of hydrogen-bond acceptors (Lipinski definition) is 5. The van der Waals surface area contributed by atoms with E-state index in [4.69, 9.17) is 9.47 Å². The number of aryl methyl sites for hydroxylation is 1. The maximum atomic E-state index is 12.1. The van der Waals surface area contributed by atoms with E-state index in [9.17, 15) is 9.59 Å². The normalized spacial score (nSPS) is 11.4.